The van der Waals surface area contributed by atoms with Crippen molar-refractivity contribution in [3.8, 4) is 0 Å². The Bertz CT molecular complexity index is 292. The van der Waals surface area contributed by atoms with Gasteiger partial charge in [-0.2, -0.15) is 0 Å². The van der Waals surface area contributed by atoms with Crippen LogP contribution in [0.25, 0.3) is 0 Å². The molecular weight excluding hydrogens is 256 g/mol. The van der Waals surface area contributed by atoms with Gasteiger partial charge in [0.2, 0.25) is 0 Å². The molecule has 1 atom stereocenters. The molecule has 0 aromatic carbocycles. The van der Waals surface area contributed by atoms with Crippen LogP contribution in [0.2, 0.25) is 0 Å². The number of ether oxygens (including phenoxy) is 1. The van der Waals surface area contributed by atoms with Crippen molar-refractivity contribution >= 4 is 5.97 Å². The summed E-state index contributed by atoms with van der Waals surface area (Å²) in [5, 5.41) is 9.28. The van der Waals surface area contributed by atoms with Gasteiger partial charge in [0, 0.05) is 12.0 Å². The van der Waals surface area contributed by atoms with E-state index in [-0.39, 0.29) is 25.0 Å². The normalized spacial score (nSPS) is 13.5. The molecule has 0 aliphatic heterocycles. The zero-order chi connectivity index (χ0) is 14.3. The lowest BCUT2D eigenvalue weighted by Crippen LogP contribution is -2.27. The van der Waals surface area contributed by atoms with Crippen LogP contribution < -0.4 is 0 Å². The van der Waals surface area contributed by atoms with E-state index < -0.39 is 30.8 Å². The van der Waals surface area contributed by atoms with Gasteiger partial charge in [-0.25, -0.2) is 22.4 Å². The second-order valence-electron chi connectivity index (χ2n) is 3.99. The van der Waals surface area contributed by atoms with Crippen LogP contribution in [0.5, 0.6) is 0 Å². The largest absolute Gasteiger partial charge is 0.460 e. The lowest BCUT2D eigenvalue weighted by Gasteiger charge is -2.16. The van der Waals surface area contributed by atoms with E-state index in [9.17, 15) is 27.5 Å². The molecule has 18 heavy (non-hydrogen) atoms. The second-order valence-corrected chi connectivity index (χ2v) is 3.99. The molecule has 7 heteroatoms. The third-order valence-electron chi connectivity index (χ3n) is 2.12. The first-order valence-electron chi connectivity index (χ1n) is 5.33. The van der Waals surface area contributed by atoms with Gasteiger partial charge in [0.15, 0.2) is 0 Å². The van der Waals surface area contributed by atoms with Gasteiger partial charge in [-0.15, -0.1) is 0 Å². The maximum Gasteiger partial charge on any atom is 0.333 e. The fraction of sp³-hybridized carbons (Fsp3) is 0.727. The van der Waals surface area contributed by atoms with Crippen LogP contribution in [0, 0.1) is 0 Å². The highest BCUT2D eigenvalue weighted by atomic mass is 19.3. The summed E-state index contributed by atoms with van der Waals surface area (Å²) in [4.78, 5) is 10.9. The lowest BCUT2D eigenvalue weighted by molar-refractivity contribution is -0.143. The highest BCUT2D eigenvalue weighted by Crippen LogP contribution is 2.28. The Kier molecular flexibility index (Phi) is 6.90. The summed E-state index contributed by atoms with van der Waals surface area (Å²) in [6.45, 7) is 4.35. The minimum Gasteiger partial charge on any atom is -0.460 e. The lowest BCUT2D eigenvalue weighted by atomic mass is 10.1. The average Bonchev–Trinajstić information content (AvgIpc) is 2.25. The van der Waals surface area contributed by atoms with E-state index in [0.29, 0.717) is 0 Å². The first-order valence-corrected chi connectivity index (χ1v) is 5.33. The molecule has 0 saturated heterocycles. The Balaban J connectivity index is 3.81. The van der Waals surface area contributed by atoms with Gasteiger partial charge in [-0.1, -0.05) is 6.58 Å². The molecule has 3 nitrogen and oxygen atoms in total. The third-order valence-corrected chi connectivity index (χ3v) is 2.12. The maximum atomic E-state index is 12.5. The Morgan fingerprint density at radius 3 is 2.44 bits per heavy atom. The summed E-state index contributed by atoms with van der Waals surface area (Å²) in [5.74, 6) is -4.75. The van der Waals surface area contributed by atoms with Gasteiger partial charge < -0.3 is 9.84 Å². The number of hydrogen-bond donors (Lipinski definition) is 1. The molecule has 1 unspecified atom stereocenters. The summed E-state index contributed by atoms with van der Waals surface area (Å²) in [6, 6.07) is 0. The van der Waals surface area contributed by atoms with Crippen LogP contribution in [0.4, 0.5) is 17.6 Å². The predicted molar refractivity (Wildman–Crippen MR) is 56.6 cm³/mol. The van der Waals surface area contributed by atoms with E-state index in [1.54, 1.807) is 0 Å². The first kappa shape index (κ1) is 16.9. The van der Waals surface area contributed by atoms with E-state index in [0.717, 1.165) is 0 Å². The number of esters is 1. The van der Waals surface area contributed by atoms with Crippen LogP contribution >= 0.6 is 0 Å². The first-order chi connectivity index (χ1) is 8.16. The molecule has 0 spiro atoms. The number of hydrogen-bond acceptors (Lipinski definition) is 3. The van der Waals surface area contributed by atoms with Crippen molar-refractivity contribution in [3.63, 3.8) is 0 Å². The van der Waals surface area contributed by atoms with Crippen molar-refractivity contribution in [2.75, 3.05) is 6.61 Å². The molecule has 0 radical (unpaired) electrons. The smallest absolute Gasteiger partial charge is 0.333 e. The Hall–Kier alpha value is -1.11. The number of carbonyl (C=O) groups is 1. The molecule has 0 saturated carbocycles. The Morgan fingerprint density at radius 2 is 2.00 bits per heavy atom. The van der Waals surface area contributed by atoms with Gasteiger partial charge in [0.1, 0.15) is 6.61 Å². The monoisotopic (exact) mass is 272 g/mol. The number of halogens is 4. The molecule has 0 aliphatic carbocycles. The molecule has 0 rings (SSSR count). The Morgan fingerprint density at radius 1 is 1.44 bits per heavy atom. The van der Waals surface area contributed by atoms with Crippen molar-refractivity contribution in [1.29, 1.82) is 0 Å². The highest BCUT2D eigenvalue weighted by molar-refractivity contribution is 5.86. The van der Waals surface area contributed by atoms with Crippen molar-refractivity contribution < 1.29 is 32.2 Å². The molecular formula is C11H16F4O3. The Labute approximate surface area is 102 Å². The maximum absolute atomic E-state index is 12.5. The molecule has 0 fully saturated rings. The molecule has 106 valence electrons. The fourth-order valence-electron chi connectivity index (χ4n) is 1.06. The van der Waals surface area contributed by atoms with Crippen LogP contribution in [0.1, 0.15) is 26.2 Å². The molecule has 0 heterocycles. The molecule has 0 aliphatic rings. The number of alkyl halides is 4. The van der Waals surface area contributed by atoms with Crippen molar-refractivity contribution in [1.82, 2.24) is 0 Å². The summed E-state index contributed by atoms with van der Waals surface area (Å²) in [6.07, 6.45) is -6.32. The van der Waals surface area contributed by atoms with Crippen molar-refractivity contribution in [2.45, 2.75) is 44.6 Å². The van der Waals surface area contributed by atoms with Crippen LogP contribution in [0.3, 0.4) is 0 Å². The van der Waals surface area contributed by atoms with Crippen LogP contribution in [0.15, 0.2) is 12.2 Å². The molecule has 0 aromatic heterocycles. The summed E-state index contributed by atoms with van der Waals surface area (Å²) >= 11 is 0. The van der Waals surface area contributed by atoms with E-state index in [2.05, 4.69) is 11.3 Å². The topological polar surface area (TPSA) is 46.5 Å². The number of aliphatic hydroxyl groups is 1. The minimum absolute atomic E-state index is 0.145. The number of carbonyl (C=O) groups excluding carboxylic acids is 1. The van der Waals surface area contributed by atoms with Crippen LogP contribution in [-0.2, 0) is 9.53 Å². The number of aliphatic hydroxyl groups excluding tert-OH is 1. The predicted octanol–water partition coefficient (Wildman–Crippen LogP) is 2.54. The van der Waals surface area contributed by atoms with E-state index in [1.807, 2.05) is 0 Å². The summed E-state index contributed by atoms with van der Waals surface area (Å²) in [7, 11) is 0. The van der Waals surface area contributed by atoms with Crippen molar-refractivity contribution in [3.05, 3.63) is 12.2 Å². The van der Waals surface area contributed by atoms with E-state index in [4.69, 9.17) is 0 Å². The summed E-state index contributed by atoms with van der Waals surface area (Å²) < 4.78 is 53.1. The van der Waals surface area contributed by atoms with E-state index in [1.165, 1.54) is 6.92 Å². The third kappa shape index (κ3) is 6.58. The quantitative estimate of drug-likeness (QED) is 0.419. The average molecular weight is 272 g/mol. The summed E-state index contributed by atoms with van der Waals surface area (Å²) in [5.41, 5.74) is 0.145. The van der Waals surface area contributed by atoms with Gasteiger partial charge in [-0.3, -0.25) is 0 Å². The minimum atomic E-state index is -4.05. The van der Waals surface area contributed by atoms with Gasteiger partial charge in [0.05, 0.1) is 6.10 Å². The molecule has 1 N–H and O–H groups in total. The van der Waals surface area contributed by atoms with E-state index >= 15 is 0 Å². The number of rotatable bonds is 8. The zero-order valence-electron chi connectivity index (χ0n) is 9.97. The highest BCUT2D eigenvalue weighted by Gasteiger charge is 2.39. The second kappa shape index (κ2) is 7.35. The van der Waals surface area contributed by atoms with Gasteiger partial charge in [0.25, 0.3) is 0 Å². The van der Waals surface area contributed by atoms with Gasteiger partial charge in [-0.05, 0) is 19.8 Å². The molecule has 0 amide bonds. The van der Waals surface area contributed by atoms with Gasteiger partial charge >= 0.3 is 18.3 Å². The zero-order valence-corrected chi connectivity index (χ0v) is 9.97. The SMILES string of the molecule is C=C(C)C(=O)OCC(O)CCCC(F)(F)C(F)F. The van der Waals surface area contributed by atoms with Crippen LogP contribution in [-0.4, -0.2) is 36.1 Å². The van der Waals surface area contributed by atoms with Crippen molar-refractivity contribution in [2.24, 2.45) is 0 Å². The molecule has 0 bridgehead atoms. The molecule has 0 aromatic rings. The fourth-order valence-corrected chi connectivity index (χ4v) is 1.06. The standard InChI is InChI=1S/C11H16F4O3/c1-7(2)9(17)18-6-8(16)4-3-5-11(14,15)10(12)13/h8,10,16H,1,3-6H2,2H3.